The van der Waals surface area contributed by atoms with Gasteiger partial charge in [0, 0.05) is 13.4 Å². The molecular weight excluding hydrogens is 168 g/mol. The van der Waals surface area contributed by atoms with E-state index in [1.165, 1.54) is 0 Å². The molecule has 0 fully saturated rings. The summed E-state index contributed by atoms with van der Waals surface area (Å²) >= 11 is 1.59. The summed E-state index contributed by atoms with van der Waals surface area (Å²) in [5.41, 5.74) is 0. The molecule has 0 saturated heterocycles. The Morgan fingerprint density at radius 1 is 1.17 bits per heavy atom. The molecule has 0 spiro atoms. The van der Waals surface area contributed by atoms with Crippen LogP contribution in [0.4, 0.5) is 0 Å². The monoisotopic (exact) mass is 186 g/mol. The number of rotatable bonds is 3. The van der Waals surface area contributed by atoms with E-state index in [0.29, 0.717) is 0 Å². The van der Waals surface area contributed by atoms with Crippen LogP contribution in [-0.4, -0.2) is 13.4 Å². The Hall–Kier alpha value is -0.830. The van der Waals surface area contributed by atoms with Crippen molar-refractivity contribution in [2.45, 2.75) is 20.8 Å². The van der Waals surface area contributed by atoms with Crippen molar-refractivity contribution >= 4 is 25.2 Å². The molecule has 0 aliphatic rings. The first-order chi connectivity index (χ1) is 5.83. The van der Waals surface area contributed by atoms with Crippen LogP contribution >= 0.6 is 11.8 Å². The van der Waals surface area contributed by atoms with Crippen molar-refractivity contribution in [3.05, 3.63) is 23.5 Å². The fraction of sp³-hybridized carbons (Fsp3) is 0.333. The first kappa shape index (κ1) is 17.3. The second-order valence-electron chi connectivity index (χ2n) is 1.06. The van der Waals surface area contributed by atoms with Gasteiger partial charge in [0.25, 0.3) is 0 Å². The van der Waals surface area contributed by atoms with E-state index in [1.54, 1.807) is 17.2 Å². The molecule has 0 heterocycles. The molecule has 0 N–H and O–H groups in total. The number of hydrogen-bond acceptors (Lipinski definition) is 3. The molecule has 70 valence electrons. The summed E-state index contributed by atoms with van der Waals surface area (Å²) in [5.74, 6) is 0. The van der Waals surface area contributed by atoms with Crippen LogP contribution in [0.25, 0.3) is 0 Å². The quantitative estimate of drug-likeness (QED) is 0.487. The van der Waals surface area contributed by atoms with Crippen LogP contribution in [0.3, 0.4) is 0 Å². The van der Waals surface area contributed by atoms with E-state index in [2.05, 4.69) is 30.2 Å². The molecule has 0 unspecified atom stereocenters. The fourth-order valence-corrected chi connectivity index (χ4v) is 0.402. The smallest absolute Gasteiger partial charge is 0.0132 e. The van der Waals surface area contributed by atoms with Gasteiger partial charge in [-0.1, -0.05) is 26.5 Å². The van der Waals surface area contributed by atoms with Crippen molar-refractivity contribution in [2.24, 2.45) is 10.2 Å². The Balaban J connectivity index is -0.000000118. The van der Waals surface area contributed by atoms with Crippen molar-refractivity contribution in [3.63, 3.8) is 0 Å². The summed E-state index contributed by atoms with van der Waals surface area (Å²) in [7, 11) is 0. The second kappa shape index (κ2) is 32.0. The molecule has 0 saturated carbocycles. The molecule has 0 bridgehead atoms. The van der Waals surface area contributed by atoms with Crippen LogP contribution in [0.15, 0.2) is 33.7 Å². The molecule has 0 radical (unpaired) electrons. The lowest BCUT2D eigenvalue weighted by atomic mass is 10.8. The summed E-state index contributed by atoms with van der Waals surface area (Å²) in [5, 5.41) is 9.77. The lowest BCUT2D eigenvalue weighted by molar-refractivity contribution is 1.29. The summed E-state index contributed by atoms with van der Waals surface area (Å²) < 4.78 is 0. The van der Waals surface area contributed by atoms with E-state index in [1.807, 2.05) is 32.3 Å². The van der Waals surface area contributed by atoms with Gasteiger partial charge in [-0.2, -0.15) is 10.2 Å². The standard InChI is InChI=1S/C5H8S.C2H4N2.C2H6/c1-3-5-6-4-2;1-3-4-2;1-2/h3-5H,2H2,1H3;1-2H2;1-2H3/b5-3-;;. The van der Waals surface area contributed by atoms with Gasteiger partial charge >= 0.3 is 0 Å². The summed E-state index contributed by atoms with van der Waals surface area (Å²) in [6.45, 7) is 15.5. The second-order valence-corrected chi connectivity index (χ2v) is 1.93. The fourth-order valence-electron chi connectivity index (χ4n) is 0.134. The lowest BCUT2D eigenvalue weighted by Crippen LogP contribution is -1.34. The SMILES string of the molecule is C=CS/C=C\C.C=NN=C.CC. The molecule has 3 heteroatoms. The molecule has 12 heavy (non-hydrogen) atoms. The van der Waals surface area contributed by atoms with Gasteiger partial charge in [-0.15, -0.1) is 11.8 Å². The molecule has 0 aliphatic carbocycles. The lowest BCUT2D eigenvalue weighted by Gasteiger charge is -1.70. The van der Waals surface area contributed by atoms with Gasteiger partial charge in [0.15, 0.2) is 0 Å². The summed E-state index contributed by atoms with van der Waals surface area (Å²) in [6, 6.07) is 0. The maximum Gasteiger partial charge on any atom is 0.0132 e. The third kappa shape index (κ3) is 60.9. The third-order valence-electron chi connectivity index (χ3n) is 0.411. The minimum Gasteiger partial charge on any atom is -0.168 e. The summed E-state index contributed by atoms with van der Waals surface area (Å²) in [4.78, 5) is 0. The van der Waals surface area contributed by atoms with Crippen LogP contribution in [0.1, 0.15) is 20.8 Å². The molecule has 0 aromatic carbocycles. The third-order valence-corrected chi connectivity index (χ3v) is 1.03. The zero-order chi connectivity index (χ0) is 10.2. The van der Waals surface area contributed by atoms with Crippen LogP contribution in [0.2, 0.25) is 0 Å². The van der Waals surface area contributed by atoms with Crippen molar-refractivity contribution in [1.29, 1.82) is 0 Å². The normalized spacial score (nSPS) is 6.92. The number of allylic oxidation sites excluding steroid dienone is 1. The largest absolute Gasteiger partial charge is 0.168 e. The zero-order valence-corrected chi connectivity index (χ0v) is 8.97. The first-order valence-electron chi connectivity index (χ1n) is 3.62. The predicted octanol–water partition coefficient (Wildman–Crippen LogP) is 3.73. The zero-order valence-electron chi connectivity index (χ0n) is 8.16. The molecular formula is C9H18N2S. The average Bonchev–Trinajstić information content (AvgIpc) is 2.18. The maximum absolute atomic E-state index is 3.51. The number of thioether (sulfide) groups is 1. The molecule has 0 rings (SSSR count). The maximum atomic E-state index is 3.51. The number of nitrogens with zero attached hydrogens (tertiary/aromatic N) is 2. The molecule has 0 amide bonds. The van der Waals surface area contributed by atoms with Gasteiger partial charge in [-0.05, 0) is 17.7 Å². The highest BCUT2D eigenvalue weighted by molar-refractivity contribution is 8.04. The van der Waals surface area contributed by atoms with Gasteiger partial charge in [0.1, 0.15) is 0 Å². The minimum absolute atomic E-state index is 1.59. The van der Waals surface area contributed by atoms with Gasteiger partial charge in [-0.3, -0.25) is 0 Å². The molecule has 0 atom stereocenters. The van der Waals surface area contributed by atoms with Crippen LogP contribution < -0.4 is 0 Å². The predicted molar refractivity (Wildman–Crippen MR) is 63.0 cm³/mol. The van der Waals surface area contributed by atoms with E-state index in [4.69, 9.17) is 0 Å². The Morgan fingerprint density at radius 2 is 1.58 bits per heavy atom. The van der Waals surface area contributed by atoms with Crippen molar-refractivity contribution in [3.8, 4) is 0 Å². The van der Waals surface area contributed by atoms with Gasteiger partial charge < -0.3 is 0 Å². The van der Waals surface area contributed by atoms with Crippen molar-refractivity contribution in [2.75, 3.05) is 0 Å². The Kier molecular flexibility index (Phi) is 46.1. The van der Waals surface area contributed by atoms with E-state index in [9.17, 15) is 0 Å². The first-order valence-corrected chi connectivity index (χ1v) is 4.57. The Morgan fingerprint density at radius 3 is 1.67 bits per heavy atom. The molecule has 0 aromatic heterocycles. The van der Waals surface area contributed by atoms with E-state index in [-0.39, 0.29) is 0 Å². The van der Waals surface area contributed by atoms with Gasteiger partial charge in [0.2, 0.25) is 0 Å². The Bertz CT molecular complexity index is 114. The highest BCUT2D eigenvalue weighted by Gasteiger charge is 1.57. The molecule has 2 nitrogen and oxygen atoms in total. The van der Waals surface area contributed by atoms with Gasteiger partial charge in [0.05, 0.1) is 0 Å². The van der Waals surface area contributed by atoms with E-state index >= 15 is 0 Å². The highest BCUT2D eigenvalue weighted by Crippen LogP contribution is 1.99. The van der Waals surface area contributed by atoms with Gasteiger partial charge in [-0.25, -0.2) is 0 Å². The van der Waals surface area contributed by atoms with Crippen LogP contribution in [-0.2, 0) is 0 Å². The molecule has 0 aromatic rings. The topological polar surface area (TPSA) is 24.7 Å². The van der Waals surface area contributed by atoms with E-state index < -0.39 is 0 Å². The minimum atomic E-state index is 1.59. The van der Waals surface area contributed by atoms with Crippen molar-refractivity contribution < 1.29 is 0 Å². The van der Waals surface area contributed by atoms with Crippen molar-refractivity contribution in [1.82, 2.24) is 0 Å². The average molecular weight is 186 g/mol. The van der Waals surface area contributed by atoms with Crippen LogP contribution in [0.5, 0.6) is 0 Å². The summed E-state index contributed by atoms with van der Waals surface area (Å²) in [6.07, 6.45) is 1.98. The van der Waals surface area contributed by atoms with Crippen LogP contribution in [0, 0.1) is 0 Å². The highest BCUT2D eigenvalue weighted by atomic mass is 32.2. The molecule has 0 aliphatic heterocycles. The Labute approximate surface area is 80.2 Å². The number of hydrogen-bond donors (Lipinski definition) is 0. The van der Waals surface area contributed by atoms with E-state index in [0.717, 1.165) is 0 Å².